The van der Waals surface area contributed by atoms with Gasteiger partial charge < -0.3 is 9.47 Å². The van der Waals surface area contributed by atoms with Crippen molar-refractivity contribution in [1.29, 1.82) is 0 Å². The van der Waals surface area contributed by atoms with E-state index < -0.39 is 0 Å². The van der Waals surface area contributed by atoms with Crippen molar-refractivity contribution in [2.24, 2.45) is 11.8 Å². The molecule has 0 bridgehead atoms. The fraction of sp³-hybridized carbons (Fsp3) is 0.571. The maximum atomic E-state index is 6.06. The van der Waals surface area contributed by atoms with E-state index in [0.717, 1.165) is 32.7 Å². The molecule has 16 heavy (non-hydrogen) atoms. The second-order valence-electron chi connectivity index (χ2n) is 4.92. The van der Waals surface area contributed by atoms with Gasteiger partial charge in [-0.05, 0) is 18.4 Å². The van der Waals surface area contributed by atoms with Crippen LogP contribution in [0.4, 0.5) is 0 Å². The van der Waals surface area contributed by atoms with E-state index in [-0.39, 0.29) is 5.60 Å². The Labute approximate surface area is 96.6 Å². The maximum Gasteiger partial charge on any atom is 0.0966 e. The number of ether oxygens (including phenoxy) is 2. The molecule has 1 heterocycles. The summed E-state index contributed by atoms with van der Waals surface area (Å²) in [5.41, 5.74) is 1.46. The number of hydrogen-bond acceptors (Lipinski definition) is 2. The van der Waals surface area contributed by atoms with Crippen LogP contribution < -0.4 is 0 Å². The van der Waals surface area contributed by atoms with E-state index in [4.69, 9.17) is 9.47 Å². The quantitative estimate of drug-likeness (QED) is 0.533. The Bertz CT molecular complexity index is 356. The SMILES string of the molecule is C=CCCOC12C=CC1C=C1COCC1C2. The molecule has 0 amide bonds. The van der Waals surface area contributed by atoms with Crippen LogP contribution in [-0.4, -0.2) is 25.4 Å². The Hall–Kier alpha value is -0.860. The predicted octanol–water partition coefficient (Wildman–Crippen LogP) is 2.48. The van der Waals surface area contributed by atoms with Crippen molar-refractivity contribution in [3.8, 4) is 0 Å². The predicted molar refractivity (Wildman–Crippen MR) is 63.1 cm³/mol. The summed E-state index contributed by atoms with van der Waals surface area (Å²) in [6, 6.07) is 0. The lowest BCUT2D eigenvalue weighted by Gasteiger charge is -2.46. The minimum atomic E-state index is -0.0229. The third-order valence-electron chi connectivity index (χ3n) is 3.91. The van der Waals surface area contributed by atoms with Gasteiger partial charge in [-0.3, -0.25) is 0 Å². The van der Waals surface area contributed by atoms with Crippen LogP contribution in [0.5, 0.6) is 0 Å². The molecule has 1 saturated heterocycles. The summed E-state index contributed by atoms with van der Waals surface area (Å²) in [5, 5.41) is 0. The van der Waals surface area contributed by atoms with Gasteiger partial charge in [0.1, 0.15) is 0 Å². The van der Waals surface area contributed by atoms with Crippen LogP contribution in [0.15, 0.2) is 36.5 Å². The Balaban J connectivity index is 1.72. The first-order valence-electron chi connectivity index (χ1n) is 6.06. The van der Waals surface area contributed by atoms with Crippen molar-refractivity contribution in [3.63, 3.8) is 0 Å². The van der Waals surface area contributed by atoms with Crippen molar-refractivity contribution in [2.75, 3.05) is 19.8 Å². The summed E-state index contributed by atoms with van der Waals surface area (Å²) in [6.45, 7) is 6.21. The Kier molecular flexibility index (Phi) is 2.49. The van der Waals surface area contributed by atoms with Gasteiger partial charge in [0.2, 0.25) is 0 Å². The minimum Gasteiger partial charge on any atom is -0.376 e. The summed E-state index contributed by atoms with van der Waals surface area (Å²) >= 11 is 0. The monoisotopic (exact) mass is 218 g/mol. The van der Waals surface area contributed by atoms with Gasteiger partial charge in [0.15, 0.2) is 0 Å². The standard InChI is InChI=1S/C14H18O2/c1-2-3-6-16-14-5-4-13(14)7-11-9-15-10-12(11)8-14/h2,4-5,7,12-13H,1,3,6,8-10H2. The molecule has 86 valence electrons. The van der Waals surface area contributed by atoms with Gasteiger partial charge in [0.25, 0.3) is 0 Å². The molecule has 1 fully saturated rings. The normalized spacial score (nSPS) is 39.6. The molecule has 2 aliphatic carbocycles. The maximum absolute atomic E-state index is 6.06. The van der Waals surface area contributed by atoms with Crippen LogP contribution in [0.25, 0.3) is 0 Å². The smallest absolute Gasteiger partial charge is 0.0966 e. The van der Waals surface area contributed by atoms with Crippen LogP contribution in [0.3, 0.4) is 0 Å². The lowest BCUT2D eigenvalue weighted by Crippen LogP contribution is -2.48. The van der Waals surface area contributed by atoms with Crippen LogP contribution in [-0.2, 0) is 9.47 Å². The highest BCUT2D eigenvalue weighted by Gasteiger charge is 2.47. The second-order valence-corrected chi connectivity index (χ2v) is 4.92. The summed E-state index contributed by atoms with van der Waals surface area (Å²) in [7, 11) is 0. The average molecular weight is 218 g/mol. The molecule has 0 spiro atoms. The lowest BCUT2D eigenvalue weighted by molar-refractivity contribution is -0.0579. The third-order valence-corrected chi connectivity index (χ3v) is 3.91. The molecule has 3 rings (SSSR count). The first-order valence-corrected chi connectivity index (χ1v) is 6.06. The van der Waals surface area contributed by atoms with Crippen LogP contribution in [0.2, 0.25) is 0 Å². The topological polar surface area (TPSA) is 18.5 Å². The zero-order valence-electron chi connectivity index (χ0n) is 9.52. The van der Waals surface area contributed by atoms with E-state index >= 15 is 0 Å². The summed E-state index contributed by atoms with van der Waals surface area (Å²) in [4.78, 5) is 0. The van der Waals surface area contributed by atoms with Gasteiger partial charge in [-0.15, -0.1) is 6.58 Å². The number of hydrogen-bond donors (Lipinski definition) is 0. The molecule has 3 atom stereocenters. The highest BCUT2D eigenvalue weighted by Crippen LogP contribution is 2.47. The molecule has 0 radical (unpaired) electrons. The average Bonchev–Trinajstić information content (AvgIpc) is 2.70. The van der Waals surface area contributed by atoms with E-state index in [1.54, 1.807) is 0 Å². The molecule has 0 aromatic rings. The zero-order valence-corrected chi connectivity index (χ0v) is 9.52. The lowest BCUT2D eigenvalue weighted by atomic mass is 9.66. The van der Waals surface area contributed by atoms with Gasteiger partial charge in [0, 0.05) is 11.8 Å². The molecule has 3 unspecified atom stereocenters. The minimum absolute atomic E-state index is 0.0229. The number of fused-ring (bicyclic) bond motifs is 2. The molecular formula is C14H18O2. The molecule has 0 N–H and O–H groups in total. The van der Waals surface area contributed by atoms with E-state index in [1.165, 1.54) is 5.57 Å². The molecule has 1 aliphatic heterocycles. The Morgan fingerprint density at radius 2 is 2.56 bits per heavy atom. The molecule has 0 aromatic carbocycles. The fourth-order valence-electron chi connectivity index (χ4n) is 2.89. The summed E-state index contributed by atoms with van der Waals surface area (Å²) in [5.74, 6) is 1.06. The molecule has 2 nitrogen and oxygen atoms in total. The van der Waals surface area contributed by atoms with Gasteiger partial charge in [-0.25, -0.2) is 0 Å². The highest BCUT2D eigenvalue weighted by molar-refractivity contribution is 5.35. The van der Waals surface area contributed by atoms with Crippen LogP contribution >= 0.6 is 0 Å². The summed E-state index contributed by atoms with van der Waals surface area (Å²) < 4.78 is 11.6. The van der Waals surface area contributed by atoms with Gasteiger partial charge in [0.05, 0.1) is 25.4 Å². The highest BCUT2D eigenvalue weighted by atomic mass is 16.5. The van der Waals surface area contributed by atoms with Crippen molar-refractivity contribution in [2.45, 2.75) is 18.4 Å². The Morgan fingerprint density at radius 1 is 1.62 bits per heavy atom. The Morgan fingerprint density at radius 3 is 3.31 bits per heavy atom. The molecular weight excluding hydrogens is 200 g/mol. The van der Waals surface area contributed by atoms with E-state index in [9.17, 15) is 0 Å². The molecule has 0 saturated carbocycles. The summed E-state index contributed by atoms with van der Waals surface area (Å²) in [6.07, 6.45) is 10.8. The second kappa shape index (κ2) is 3.86. The van der Waals surface area contributed by atoms with Gasteiger partial charge in [-0.2, -0.15) is 0 Å². The van der Waals surface area contributed by atoms with E-state index in [0.29, 0.717) is 11.8 Å². The van der Waals surface area contributed by atoms with Gasteiger partial charge >= 0.3 is 0 Å². The molecule has 3 aliphatic rings. The third kappa shape index (κ3) is 1.48. The zero-order chi connectivity index (χ0) is 11.0. The number of rotatable bonds is 4. The molecule has 0 aromatic heterocycles. The van der Waals surface area contributed by atoms with Crippen molar-refractivity contribution < 1.29 is 9.47 Å². The first-order chi connectivity index (χ1) is 7.84. The van der Waals surface area contributed by atoms with Crippen molar-refractivity contribution in [1.82, 2.24) is 0 Å². The van der Waals surface area contributed by atoms with E-state index in [1.807, 2.05) is 6.08 Å². The van der Waals surface area contributed by atoms with E-state index in [2.05, 4.69) is 24.8 Å². The van der Waals surface area contributed by atoms with Gasteiger partial charge in [-0.1, -0.05) is 24.3 Å². The first kappa shape index (κ1) is 10.3. The molecule has 2 heteroatoms. The fourth-order valence-corrected chi connectivity index (χ4v) is 2.89. The van der Waals surface area contributed by atoms with Crippen molar-refractivity contribution >= 4 is 0 Å². The van der Waals surface area contributed by atoms with Crippen molar-refractivity contribution in [3.05, 3.63) is 36.5 Å². The largest absolute Gasteiger partial charge is 0.376 e. The van der Waals surface area contributed by atoms with Crippen LogP contribution in [0, 0.1) is 11.8 Å². The van der Waals surface area contributed by atoms with Crippen LogP contribution in [0.1, 0.15) is 12.8 Å².